The summed E-state index contributed by atoms with van der Waals surface area (Å²) in [4.78, 5) is 16.8. The topological polar surface area (TPSA) is 67.9 Å². The van der Waals surface area contributed by atoms with Crippen LogP contribution in [-0.4, -0.2) is 38.1 Å². The summed E-state index contributed by atoms with van der Waals surface area (Å²) >= 11 is 1.83. The zero-order valence-electron chi connectivity index (χ0n) is 13.6. The highest BCUT2D eigenvalue weighted by atomic mass is 32.1. The molecule has 124 valence electrons. The zero-order chi connectivity index (χ0) is 16.4. The fourth-order valence-electron chi connectivity index (χ4n) is 3.09. The van der Waals surface area contributed by atoms with E-state index in [2.05, 4.69) is 43.4 Å². The second kappa shape index (κ2) is 6.78. The van der Waals surface area contributed by atoms with E-state index in [-0.39, 0.29) is 0 Å². The molecule has 1 aliphatic heterocycles. The molecule has 0 N–H and O–H groups in total. The molecule has 1 atom stereocenters. The minimum Gasteiger partial charge on any atom is -0.332 e. The van der Waals surface area contributed by atoms with E-state index in [0.717, 1.165) is 38.3 Å². The quantitative estimate of drug-likeness (QED) is 0.725. The van der Waals surface area contributed by atoms with E-state index in [1.807, 2.05) is 11.3 Å². The van der Waals surface area contributed by atoms with Crippen LogP contribution in [0.4, 0.5) is 0 Å². The molecule has 0 amide bonds. The van der Waals surface area contributed by atoms with Gasteiger partial charge in [-0.3, -0.25) is 9.88 Å². The smallest absolute Gasteiger partial charge is 0.278 e. The van der Waals surface area contributed by atoms with Crippen LogP contribution in [0.25, 0.3) is 11.6 Å². The van der Waals surface area contributed by atoms with Crippen LogP contribution in [0.2, 0.25) is 0 Å². The summed E-state index contributed by atoms with van der Waals surface area (Å²) in [5.74, 6) is 1.54. The maximum atomic E-state index is 5.38. The molecule has 0 saturated carbocycles. The Morgan fingerprint density at radius 2 is 2.33 bits per heavy atom. The van der Waals surface area contributed by atoms with Gasteiger partial charge in [0.2, 0.25) is 0 Å². The fourth-order valence-corrected chi connectivity index (χ4v) is 4.04. The van der Waals surface area contributed by atoms with E-state index < -0.39 is 0 Å². The van der Waals surface area contributed by atoms with Gasteiger partial charge in [-0.2, -0.15) is 4.98 Å². The lowest BCUT2D eigenvalue weighted by molar-refractivity contribution is 0.196. The van der Waals surface area contributed by atoms with Crippen molar-refractivity contribution in [2.45, 2.75) is 32.2 Å². The molecule has 4 rings (SSSR count). The Morgan fingerprint density at radius 3 is 3.12 bits per heavy atom. The molecule has 0 spiro atoms. The first-order chi connectivity index (χ1) is 11.8. The molecular weight excluding hydrogens is 322 g/mol. The monoisotopic (exact) mass is 341 g/mol. The van der Waals surface area contributed by atoms with Gasteiger partial charge in [-0.05, 0) is 43.3 Å². The van der Waals surface area contributed by atoms with Gasteiger partial charge in [0.15, 0.2) is 5.82 Å². The van der Waals surface area contributed by atoms with Crippen LogP contribution in [0, 0.1) is 6.92 Å². The fraction of sp³-hybridized carbons (Fsp3) is 0.412. The van der Waals surface area contributed by atoms with Crippen LogP contribution in [0.1, 0.15) is 35.0 Å². The first-order valence-electron chi connectivity index (χ1n) is 8.15. The second-order valence-electron chi connectivity index (χ2n) is 6.15. The van der Waals surface area contributed by atoms with E-state index in [1.54, 1.807) is 18.6 Å². The lowest BCUT2D eigenvalue weighted by Gasteiger charge is -2.31. The molecule has 1 aliphatic rings. The molecule has 3 aromatic rings. The Labute approximate surface area is 144 Å². The maximum absolute atomic E-state index is 5.38. The number of hydrogen-bond donors (Lipinski definition) is 0. The minimum absolute atomic E-state index is 0.313. The predicted octanol–water partition coefficient (Wildman–Crippen LogP) is 3.28. The van der Waals surface area contributed by atoms with Crippen molar-refractivity contribution in [3.63, 3.8) is 0 Å². The average molecular weight is 341 g/mol. The largest absolute Gasteiger partial charge is 0.332 e. The molecule has 7 heteroatoms. The predicted molar refractivity (Wildman–Crippen MR) is 91.6 cm³/mol. The van der Waals surface area contributed by atoms with Gasteiger partial charge < -0.3 is 4.52 Å². The summed E-state index contributed by atoms with van der Waals surface area (Å²) in [6, 6.07) is 2.19. The number of hydrogen-bond acceptors (Lipinski definition) is 7. The molecule has 4 heterocycles. The van der Waals surface area contributed by atoms with Crippen molar-refractivity contribution in [1.29, 1.82) is 0 Å². The number of piperidine rings is 1. The van der Waals surface area contributed by atoms with Gasteiger partial charge in [0, 0.05) is 36.3 Å². The van der Waals surface area contributed by atoms with Crippen LogP contribution < -0.4 is 0 Å². The van der Waals surface area contributed by atoms with Crippen LogP contribution in [0.5, 0.6) is 0 Å². The Hall–Kier alpha value is -2.12. The highest BCUT2D eigenvalue weighted by Crippen LogP contribution is 2.28. The standard InChI is InChI=1S/C17H19N5OS/c1-12-4-8-24-15(12)11-22-7-2-3-13(10-22)16-20-17(23-21-16)14-9-18-5-6-19-14/h4-6,8-9,13H,2-3,7,10-11H2,1H3/t13-/m0/s1. The number of aryl methyl sites for hydroxylation is 1. The minimum atomic E-state index is 0.313. The van der Waals surface area contributed by atoms with E-state index in [1.165, 1.54) is 10.4 Å². The molecule has 3 aromatic heterocycles. The number of aromatic nitrogens is 4. The van der Waals surface area contributed by atoms with Crippen molar-refractivity contribution in [1.82, 2.24) is 25.0 Å². The van der Waals surface area contributed by atoms with Crippen LogP contribution in [-0.2, 0) is 6.54 Å². The van der Waals surface area contributed by atoms with Gasteiger partial charge in [0.1, 0.15) is 5.69 Å². The van der Waals surface area contributed by atoms with Crippen molar-refractivity contribution in [2.75, 3.05) is 13.1 Å². The molecule has 0 radical (unpaired) electrons. The van der Waals surface area contributed by atoms with Crippen LogP contribution >= 0.6 is 11.3 Å². The molecule has 0 unspecified atom stereocenters. The average Bonchev–Trinajstić information content (AvgIpc) is 3.26. The summed E-state index contributed by atoms with van der Waals surface area (Å²) in [5, 5.41) is 6.35. The number of likely N-dealkylation sites (tertiary alicyclic amines) is 1. The molecule has 0 aliphatic carbocycles. The summed E-state index contributed by atoms with van der Waals surface area (Å²) < 4.78 is 5.38. The molecule has 1 fully saturated rings. The Balaban J connectivity index is 1.46. The third kappa shape index (κ3) is 3.22. The highest BCUT2D eigenvalue weighted by molar-refractivity contribution is 7.10. The van der Waals surface area contributed by atoms with E-state index >= 15 is 0 Å². The third-order valence-corrected chi connectivity index (χ3v) is 5.44. The van der Waals surface area contributed by atoms with Crippen LogP contribution in [0.15, 0.2) is 34.6 Å². The number of thiophene rings is 1. The normalized spacial score (nSPS) is 18.8. The zero-order valence-corrected chi connectivity index (χ0v) is 14.4. The SMILES string of the molecule is Cc1ccsc1CN1CCC[C@H](c2noc(-c3cnccn3)n2)C1. The molecule has 1 saturated heterocycles. The Morgan fingerprint density at radius 1 is 1.38 bits per heavy atom. The Bertz CT molecular complexity index is 800. The molecule has 0 bridgehead atoms. The van der Waals surface area contributed by atoms with E-state index in [9.17, 15) is 0 Å². The van der Waals surface area contributed by atoms with Crippen LogP contribution in [0.3, 0.4) is 0 Å². The van der Waals surface area contributed by atoms with Crippen molar-refractivity contribution < 1.29 is 4.52 Å². The summed E-state index contributed by atoms with van der Waals surface area (Å²) in [6.07, 6.45) is 7.16. The van der Waals surface area contributed by atoms with Gasteiger partial charge >= 0.3 is 0 Å². The summed E-state index contributed by atoms with van der Waals surface area (Å²) in [7, 11) is 0. The first kappa shape index (κ1) is 15.4. The number of rotatable bonds is 4. The van der Waals surface area contributed by atoms with Crippen molar-refractivity contribution in [3.8, 4) is 11.6 Å². The van der Waals surface area contributed by atoms with Gasteiger partial charge in [-0.1, -0.05) is 5.16 Å². The maximum Gasteiger partial charge on any atom is 0.278 e. The summed E-state index contributed by atoms with van der Waals surface area (Å²) in [6.45, 7) is 5.29. The second-order valence-corrected chi connectivity index (χ2v) is 7.15. The lowest BCUT2D eigenvalue weighted by atomic mass is 9.97. The van der Waals surface area contributed by atoms with Gasteiger partial charge in [-0.25, -0.2) is 4.98 Å². The first-order valence-corrected chi connectivity index (χ1v) is 9.03. The van der Waals surface area contributed by atoms with Gasteiger partial charge in [-0.15, -0.1) is 11.3 Å². The molecule has 0 aromatic carbocycles. The van der Waals surface area contributed by atoms with Crippen molar-refractivity contribution in [3.05, 3.63) is 46.3 Å². The third-order valence-electron chi connectivity index (χ3n) is 4.43. The van der Waals surface area contributed by atoms with Crippen molar-refractivity contribution in [2.24, 2.45) is 0 Å². The molecule has 6 nitrogen and oxygen atoms in total. The molecule has 24 heavy (non-hydrogen) atoms. The number of nitrogens with zero attached hydrogens (tertiary/aromatic N) is 5. The van der Waals surface area contributed by atoms with E-state index in [0.29, 0.717) is 17.5 Å². The molecular formula is C17H19N5OS. The van der Waals surface area contributed by atoms with Gasteiger partial charge in [0.05, 0.1) is 6.20 Å². The van der Waals surface area contributed by atoms with E-state index in [4.69, 9.17) is 4.52 Å². The highest BCUT2D eigenvalue weighted by Gasteiger charge is 2.26. The summed E-state index contributed by atoms with van der Waals surface area (Å²) in [5.41, 5.74) is 2.00. The van der Waals surface area contributed by atoms with Crippen molar-refractivity contribution >= 4 is 11.3 Å². The van der Waals surface area contributed by atoms with Gasteiger partial charge in [0.25, 0.3) is 5.89 Å². The lowest BCUT2D eigenvalue weighted by Crippen LogP contribution is -2.34. The Kier molecular flexibility index (Phi) is 4.36.